The number of ether oxygens (including phenoxy) is 1. The summed E-state index contributed by atoms with van der Waals surface area (Å²) in [7, 11) is 0. The van der Waals surface area contributed by atoms with Gasteiger partial charge in [0.05, 0.1) is 18.0 Å². The van der Waals surface area contributed by atoms with Crippen molar-refractivity contribution in [2.75, 3.05) is 18.9 Å². The van der Waals surface area contributed by atoms with Gasteiger partial charge in [0.15, 0.2) is 5.16 Å². The van der Waals surface area contributed by atoms with Crippen molar-refractivity contribution in [2.24, 2.45) is 0 Å². The van der Waals surface area contributed by atoms with E-state index in [2.05, 4.69) is 10.3 Å². The van der Waals surface area contributed by atoms with Crippen LogP contribution in [-0.4, -0.2) is 39.3 Å². The molecule has 0 aliphatic rings. The zero-order valence-corrected chi connectivity index (χ0v) is 20.7. The van der Waals surface area contributed by atoms with E-state index in [0.717, 1.165) is 23.1 Å². The molecule has 0 aliphatic carbocycles. The average Bonchev–Trinajstić information content (AvgIpc) is 3.28. The minimum Gasteiger partial charge on any atom is -0.494 e. The van der Waals surface area contributed by atoms with Crippen LogP contribution < -0.4 is 15.6 Å². The summed E-state index contributed by atoms with van der Waals surface area (Å²) >= 11 is 1.25. The standard InChI is InChI=1S/C28H26N4O3S/c1-2-35-21-14-12-20(13-15-21)32-27(34)26-25(22-10-6-7-11-23(22)30-26)31-28(32)36-18-24(33)29-17-16-19-8-4-3-5-9-19/h3-15,30H,2,16-18H2,1H3,(H,29,33). The Balaban J connectivity index is 1.44. The van der Waals surface area contributed by atoms with Crippen molar-refractivity contribution >= 4 is 39.6 Å². The summed E-state index contributed by atoms with van der Waals surface area (Å²) in [6.07, 6.45) is 0.758. The van der Waals surface area contributed by atoms with Crippen LogP contribution in [0.15, 0.2) is 88.8 Å². The van der Waals surface area contributed by atoms with Gasteiger partial charge in [0, 0.05) is 17.4 Å². The van der Waals surface area contributed by atoms with E-state index in [-0.39, 0.29) is 17.2 Å². The Bertz CT molecular complexity index is 1560. The largest absolute Gasteiger partial charge is 0.494 e. The van der Waals surface area contributed by atoms with Crippen molar-refractivity contribution < 1.29 is 9.53 Å². The molecule has 0 spiro atoms. The molecular weight excluding hydrogens is 472 g/mol. The van der Waals surface area contributed by atoms with Gasteiger partial charge < -0.3 is 15.0 Å². The summed E-state index contributed by atoms with van der Waals surface area (Å²) in [5.41, 5.74) is 3.49. The van der Waals surface area contributed by atoms with Crippen LogP contribution in [-0.2, 0) is 11.2 Å². The highest BCUT2D eigenvalue weighted by Gasteiger charge is 2.18. The van der Waals surface area contributed by atoms with E-state index in [1.807, 2.05) is 85.8 Å². The Morgan fingerprint density at radius 1 is 1.03 bits per heavy atom. The maximum atomic E-state index is 13.7. The van der Waals surface area contributed by atoms with Crippen LogP contribution in [0.1, 0.15) is 12.5 Å². The minimum absolute atomic E-state index is 0.109. The average molecular weight is 499 g/mol. The van der Waals surface area contributed by atoms with Gasteiger partial charge in [-0.15, -0.1) is 0 Å². The highest BCUT2D eigenvalue weighted by molar-refractivity contribution is 7.99. The molecule has 5 rings (SSSR count). The number of rotatable bonds is 9. The molecule has 0 atom stereocenters. The monoisotopic (exact) mass is 498 g/mol. The molecule has 0 unspecified atom stereocenters. The van der Waals surface area contributed by atoms with Gasteiger partial charge in [-0.3, -0.25) is 14.2 Å². The Labute approximate surface area is 212 Å². The van der Waals surface area contributed by atoms with Crippen molar-refractivity contribution in [2.45, 2.75) is 18.5 Å². The molecule has 8 heteroatoms. The van der Waals surface area contributed by atoms with Crippen LogP contribution >= 0.6 is 11.8 Å². The Kier molecular flexibility index (Phi) is 7.04. The second kappa shape index (κ2) is 10.7. The van der Waals surface area contributed by atoms with Crippen LogP contribution in [0.3, 0.4) is 0 Å². The lowest BCUT2D eigenvalue weighted by molar-refractivity contribution is -0.118. The SMILES string of the molecule is CCOc1ccc(-n2c(SCC(=O)NCCc3ccccc3)nc3c([nH]c4ccccc43)c2=O)cc1. The number of carbonyl (C=O) groups is 1. The third kappa shape index (κ3) is 4.99. The van der Waals surface area contributed by atoms with E-state index < -0.39 is 0 Å². The van der Waals surface area contributed by atoms with Gasteiger partial charge in [-0.2, -0.15) is 0 Å². The summed E-state index contributed by atoms with van der Waals surface area (Å²) in [5.74, 6) is 0.759. The number of aromatic amines is 1. The summed E-state index contributed by atoms with van der Waals surface area (Å²) in [6, 6.07) is 25.0. The number of hydrogen-bond acceptors (Lipinski definition) is 5. The summed E-state index contributed by atoms with van der Waals surface area (Å²) in [6.45, 7) is 3.03. The van der Waals surface area contributed by atoms with E-state index >= 15 is 0 Å². The Hall–Kier alpha value is -4.04. The maximum Gasteiger partial charge on any atom is 0.283 e. The number of amides is 1. The number of thioether (sulfide) groups is 1. The zero-order valence-electron chi connectivity index (χ0n) is 19.9. The lowest BCUT2D eigenvalue weighted by Crippen LogP contribution is -2.28. The lowest BCUT2D eigenvalue weighted by atomic mass is 10.1. The molecule has 0 saturated carbocycles. The number of nitrogens with one attached hydrogen (secondary N) is 2. The van der Waals surface area contributed by atoms with E-state index in [9.17, 15) is 9.59 Å². The molecule has 36 heavy (non-hydrogen) atoms. The van der Waals surface area contributed by atoms with Crippen molar-refractivity contribution in [1.82, 2.24) is 19.9 Å². The predicted molar refractivity (Wildman–Crippen MR) is 144 cm³/mol. The molecule has 0 radical (unpaired) electrons. The molecule has 5 aromatic rings. The normalized spacial score (nSPS) is 11.1. The van der Waals surface area contributed by atoms with Gasteiger partial charge in [0.25, 0.3) is 5.56 Å². The summed E-state index contributed by atoms with van der Waals surface area (Å²) in [4.78, 5) is 34.3. The highest BCUT2D eigenvalue weighted by Crippen LogP contribution is 2.27. The molecule has 0 saturated heterocycles. The van der Waals surface area contributed by atoms with Crippen LogP contribution in [0.2, 0.25) is 0 Å². The molecule has 0 aliphatic heterocycles. The highest BCUT2D eigenvalue weighted by atomic mass is 32.2. The van der Waals surface area contributed by atoms with Crippen LogP contribution in [0.25, 0.3) is 27.6 Å². The van der Waals surface area contributed by atoms with Gasteiger partial charge in [0.1, 0.15) is 16.8 Å². The maximum absolute atomic E-state index is 13.7. The number of nitrogens with zero attached hydrogens (tertiary/aromatic N) is 2. The first-order chi connectivity index (χ1) is 17.6. The van der Waals surface area contributed by atoms with Gasteiger partial charge in [-0.05, 0) is 49.2 Å². The number of benzene rings is 3. The van der Waals surface area contributed by atoms with Crippen molar-refractivity contribution in [3.05, 3.63) is 94.8 Å². The summed E-state index contributed by atoms with van der Waals surface area (Å²) in [5, 5.41) is 4.29. The molecule has 0 bridgehead atoms. The molecule has 3 aromatic carbocycles. The number of H-pyrrole nitrogens is 1. The van der Waals surface area contributed by atoms with E-state index in [4.69, 9.17) is 9.72 Å². The number of hydrogen-bond donors (Lipinski definition) is 2. The van der Waals surface area contributed by atoms with Gasteiger partial charge >= 0.3 is 0 Å². The zero-order chi connectivity index (χ0) is 24.9. The molecule has 7 nitrogen and oxygen atoms in total. The molecular formula is C28H26N4O3S. The third-order valence-electron chi connectivity index (χ3n) is 5.81. The van der Waals surface area contributed by atoms with Gasteiger partial charge in [0.2, 0.25) is 5.91 Å². The third-order valence-corrected chi connectivity index (χ3v) is 6.75. The molecule has 2 N–H and O–H groups in total. The number of para-hydroxylation sites is 1. The van der Waals surface area contributed by atoms with Crippen LogP contribution in [0, 0.1) is 0 Å². The quantitative estimate of drug-likeness (QED) is 0.227. The first-order valence-electron chi connectivity index (χ1n) is 11.8. The Morgan fingerprint density at radius 2 is 1.78 bits per heavy atom. The molecule has 2 aromatic heterocycles. The first kappa shape index (κ1) is 23.7. The van der Waals surface area contributed by atoms with Gasteiger partial charge in [-0.1, -0.05) is 60.3 Å². The van der Waals surface area contributed by atoms with Crippen LogP contribution in [0.5, 0.6) is 5.75 Å². The fourth-order valence-electron chi connectivity index (χ4n) is 4.10. The topological polar surface area (TPSA) is 89.0 Å². The van der Waals surface area contributed by atoms with Crippen LogP contribution in [0.4, 0.5) is 0 Å². The number of fused-ring (bicyclic) bond motifs is 3. The van der Waals surface area contributed by atoms with Crippen molar-refractivity contribution in [1.29, 1.82) is 0 Å². The molecule has 182 valence electrons. The van der Waals surface area contributed by atoms with Crippen molar-refractivity contribution in [3.63, 3.8) is 0 Å². The lowest BCUT2D eigenvalue weighted by Gasteiger charge is -2.13. The molecule has 2 heterocycles. The number of carbonyl (C=O) groups excluding carboxylic acids is 1. The second-order valence-electron chi connectivity index (χ2n) is 8.23. The van der Waals surface area contributed by atoms with E-state index in [1.165, 1.54) is 17.3 Å². The fraction of sp³-hybridized carbons (Fsp3) is 0.179. The van der Waals surface area contributed by atoms with Crippen molar-refractivity contribution in [3.8, 4) is 11.4 Å². The molecule has 0 fully saturated rings. The summed E-state index contributed by atoms with van der Waals surface area (Å²) < 4.78 is 7.10. The minimum atomic E-state index is -0.215. The predicted octanol–water partition coefficient (Wildman–Crippen LogP) is 4.72. The Morgan fingerprint density at radius 3 is 2.56 bits per heavy atom. The fourth-order valence-corrected chi connectivity index (χ4v) is 4.93. The number of aromatic nitrogens is 3. The van der Waals surface area contributed by atoms with E-state index in [1.54, 1.807) is 4.57 Å². The second-order valence-corrected chi connectivity index (χ2v) is 9.17. The molecule has 1 amide bonds. The van der Waals surface area contributed by atoms with Gasteiger partial charge in [-0.25, -0.2) is 4.98 Å². The van der Waals surface area contributed by atoms with E-state index in [0.29, 0.717) is 35.0 Å². The first-order valence-corrected chi connectivity index (χ1v) is 12.8. The smallest absolute Gasteiger partial charge is 0.283 e.